The lowest BCUT2D eigenvalue weighted by atomic mass is 10.3. The monoisotopic (exact) mass is 278 g/mol. The van der Waals surface area contributed by atoms with Crippen LogP contribution >= 0.6 is 0 Å². The fourth-order valence-electron chi connectivity index (χ4n) is 1.60. The summed E-state index contributed by atoms with van der Waals surface area (Å²) in [5.74, 6) is -0.106. The minimum absolute atomic E-state index is 0.0711. The highest BCUT2D eigenvalue weighted by atomic mass is 16.2. The molecule has 1 aromatic rings. The third-order valence-electron chi connectivity index (χ3n) is 2.77. The first-order chi connectivity index (χ1) is 9.43. The van der Waals surface area contributed by atoms with Gasteiger partial charge >= 0.3 is 6.03 Å². The lowest BCUT2D eigenvalue weighted by Crippen LogP contribution is -2.42. The van der Waals surface area contributed by atoms with Crippen LogP contribution in [0.4, 0.5) is 16.2 Å². The van der Waals surface area contributed by atoms with Crippen molar-refractivity contribution >= 4 is 23.3 Å². The van der Waals surface area contributed by atoms with Crippen LogP contribution < -0.4 is 11.1 Å². The zero-order valence-electron chi connectivity index (χ0n) is 12.2. The summed E-state index contributed by atoms with van der Waals surface area (Å²) in [4.78, 5) is 26.8. The minimum Gasteiger partial charge on any atom is -0.399 e. The SMILES string of the molecule is CCCN(CC(=O)N(C)C)C(=O)Nc1ccc(N)cc1. The van der Waals surface area contributed by atoms with Gasteiger partial charge in [-0.05, 0) is 30.7 Å². The summed E-state index contributed by atoms with van der Waals surface area (Å²) in [5.41, 5.74) is 6.88. The van der Waals surface area contributed by atoms with Gasteiger partial charge in [-0.3, -0.25) is 4.79 Å². The van der Waals surface area contributed by atoms with E-state index in [4.69, 9.17) is 5.73 Å². The van der Waals surface area contributed by atoms with Gasteiger partial charge in [0, 0.05) is 32.0 Å². The number of carbonyl (C=O) groups is 2. The number of carbonyl (C=O) groups excluding carboxylic acids is 2. The number of anilines is 2. The fourth-order valence-corrected chi connectivity index (χ4v) is 1.60. The number of nitrogens with one attached hydrogen (secondary N) is 1. The van der Waals surface area contributed by atoms with Crippen molar-refractivity contribution in [2.45, 2.75) is 13.3 Å². The maximum atomic E-state index is 12.2. The van der Waals surface area contributed by atoms with E-state index in [0.717, 1.165) is 6.42 Å². The van der Waals surface area contributed by atoms with Crippen LogP contribution in [-0.2, 0) is 4.79 Å². The molecule has 0 atom stereocenters. The van der Waals surface area contributed by atoms with Gasteiger partial charge in [-0.1, -0.05) is 6.92 Å². The second-order valence-electron chi connectivity index (χ2n) is 4.76. The summed E-state index contributed by atoms with van der Waals surface area (Å²) in [5, 5.41) is 2.76. The first-order valence-corrected chi connectivity index (χ1v) is 6.55. The summed E-state index contributed by atoms with van der Waals surface area (Å²) in [6.07, 6.45) is 0.788. The maximum absolute atomic E-state index is 12.2. The molecule has 110 valence electrons. The van der Waals surface area contributed by atoms with E-state index in [-0.39, 0.29) is 18.5 Å². The van der Waals surface area contributed by atoms with Crippen molar-refractivity contribution < 1.29 is 9.59 Å². The number of benzene rings is 1. The molecule has 0 saturated carbocycles. The molecule has 0 heterocycles. The maximum Gasteiger partial charge on any atom is 0.322 e. The highest BCUT2D eigenvalue weighted by molar-refractivity contribution is 5.92. The second kappa shape index (κ2) is 7.37. The molecule has 3 amide bonds. The van der Waals surface area contributed by atoms with Gasteiger partial charge in [-0.25, -0.2) is 4.79 Å². The number of urea groups is 1. The Hall–Kier alpha value is -2.24. The first kappa shape index (κ1) is 15.8. The molecule has 3 N–H and O–H groups in total. The van der Waals surface area contributed by atoms with Crippen molar-refractivity contribution in [3.63, 3.8) is 0 Å². The molecule has 0 aliphatic carbocycles. The Labute approximate surface area is 119 Å². The van der Waals surface area contributed by atoms with E-state index in [2.05, 4.69) is 5.32 Å². The molecule has 1 rings (SSSR count). The Balaban J connectivity index is 2.68. The molecule has 0 aliphatic heterocycles. The lowest BCUT2D eigenvalue weighted by Gasteiger charge is -2.23. The van der Waals surface area contributed by atoms with Crippen molar-refractivity contribution in [2.24, 2.45) is 0 Å². The Bertz CT molecular complexity index is 457. The number of nitrogens with two attached hydrogens (primary N) is 1. The van der Waals surface area contributed by atoms with Gasteiger partial charge in [0.15, 0.2) is 0 Å². The molecular weight excluding hydrogens is 256 g/mol. The summed E-state index contributed by atoms with van der Waals surface area (Å²) < 4.78 is 0. The number of likely N-dealkylation sites (N-methyl/N-ethyl adjacent to an activating group) is 1. The number of amides is 3. The standard InChI is InChI=1S/C14H22N4O2/c1-4-9-18(10-13(19)17(2)3)14(20)16-12-7-5-11(15)6-8-12/h5-8H,4,9-10,15H2,1-3H3,(H,16,20). The van der Waals surface area contributed by atoms with Crippen LogP contribution in [-0.4, -0.2) is 48.9 Å². The quantitative estimate of drug-likeness (QED) is 0.803. The van der Waals surface area contributed by atoms with E-state index in [1.54, 1.807) is 38.4 Å². The normalized spacial score (nSPS) is 9.95. The van der Waals surface area contributed by atoms with Gasteiger partial charge in [-0.2, -0.15) is 0 Å². The summed E-state index contributed by atoms with van der Waals surface area (Å²) >= 11 is 0. The van der Waals surface area contributed by atoms with E-state index in [1.165, 1.54) is 9.80 Å². The van der Waals surface area contributed by atoms with Gasteiger partial charge in [0.05, 0.1) is 0 Å². The Morgan fingerprint density at radius 2 is 1.80 bits per heavy atom. The predicted molar refractivity (Wildman–Crippen MR) is 80.4 cm³/mol. The third kappa shape index (κ3) is 4.79. The number of hydrogen-bond acceptors (Lipinski definition) is 3. The first-order valence-electron chi connectivity index (χ1n) is 6.55. The molecule has 0 bridgehead atoms. The highest BCUT2D eigenvalue weighted by Gasteiger charge is 2.17. The molecule has 0 aliphatic rings. The van der Waals surface area contributed by atoms with Crippen LogP contribution in [0.3, 0.4) is 0 Å². The molecular formula is C14H22N4O2. The van der Waals surface area contributed by atoms with Crippen LogP contribution in [0.1, 0.15) is 13.3 Å². The summed E-state index contributed by atoms with van der Waals surface area (Å²) in [6, 6.07) is 6.60. The average molecular weight is 278 g/mol. The number of rotatable bonds is 5. The van der Waals surface area contributed by atoms with E-state index in [1.807, 2.05) is 6.92 Å². The van der Waals surface area contributed by atoms with Crippen LogP contribution in [0.15, 0.2) is 24.3 Å². The Morgan fingerprint density at radius 1 is 1.20 bits per heavy atom. The van der Waals surface area contributed by atoms with Gasteiger partial charge in [0.1, 0.15) is 6.54 Å². The number of hydrogen-bond donors (Lipinski definition) is 2. The largest absolute Gasteiger partial charge is 0.399 e. The molecule has 0 saturated heterocycles. The molecule has 0 fully saturated rings. The molecule has 0 aromatic heterocycles. The third-order valence-corrected chi connectivity index (χ3v) is 2.77. The van der Waals surface area contributed by atoms with Crippen LogP contribution in [0.2, 0.25) is 0 Å². The zero-order chi connectivity index (χ0) is 15.1. The topological polar surface area (TPSA) is 78.7 Å². The van der Waals surface area contributed by atoms with Gasteiger partial charge < -0.3 is 20.9 Å². The molecule has 0 radical (unpaired) electrons. The van der Waals surface area contributed by atoms with E-state index in [0.29, 0.717) is 17.9 Å². The Kier molecular flexibility index (Phi) is 5.83. The summed E-state index contributed by atoms with van der Waals surface area (Å²) in [6.45, 7) is 2.56. The van der Waals surface area contributed by atoms with Crippen molar-refractivity contribution in [1.82, 2.24) is 9.80 Å². The highest BCUT2D eigenvalue weighted by Crippen LogP contribution is 2.11. The van der Waals surface area contributed by atoms with Crippen LogP contribution in [0.25, 0.3) is 0 Å². The molecule has 0 unspecified atom stereocenters. The van der Waals surface area contributed by atoms with Crippen molar-refractivity contribution in [2.75, 3.05) is 38.2 Å². The van der Waals surface area contributed by atoms with E-state index in [9.17, 15) is 9.59 Å². The number of nitrogens with zero attached hydrogens (tertiary/aromatic N) is 2. The lowest BCUT2D eigenvalue weighted by molar-refractivity contribution is -0.129. The number of nitrogen functional groups attached to an aromatic ring is 1. The van der Waals surface area contributed by atoms with Gasteiger partial charge in [-0.15, -0.1) is 0 Å². The zero-order valence-corrected chi connectivity index (χ0v) is 12.2. The van der Waals surface area contributed by atoms with Crippen molar-refractivity contribution in [3.8, 4) is 0 Å². The fraction of sp³-hybridized carbons (Fsp3) is 0.429. The predicted octanol–water partition coefficient (Wildman–Crippen LogP) is 1.60. The molecule has 20 heavy (non-hydrogen) atoms. The van der Waals surface area contributed by atoms with Crippen molar-refractivity contribution in [1.29, 1.82) is 0 Å². The second-order valence-corrected chi connectivity index (χ2v) is 4.76. The van der Waals surface area contributed by atoms with Crippen LogP contribution in [0, 0.1) is 0 Å². The van der Waals surface area contributed by atoms with Crippen molar-refractivity contribution in [3.05, 3.63) is 24.3 Å². The van der Waals surface area contributed by atoms with E-state index < -0.39 is 0 Å². The average Bonchev–Trinajstić information content (AvgIpc) is 2.40. The summed E-state index contributed by atoms with van der Waals surface area (Å²) in [7, 11) is 3.34. The van der Waals surface area contributed by atoms with Gasteiger partial charge in [0.25, 0.3) is 0 Å². The smallest absolute Gasteiger partial charge is 0.322 e. The molecule has 0 spiro atoms. The van der Waals surface area contributed by atoms with Gasteiger partial charge in [0.2, 0.25) is 5.91 Å². The molecule has 6 nitrogen and oxygen atoms in total. The molecule has 1 aromatic carbocycles. The van der Waals surface area contributed by atoms with Crippen LogP contribution in [0.5, 0.6) is 0 Å². The van der Waals surface area contributed by atoms with E-state index >= 15 is 0 Å². The molecule has 6 heteroatoms. The minimum atomic E-state index is -0.285. The Morgan fingerprint density at radius 3 is 2.30 bits per heavy atom.